The van der Waals surface area contributed by atoms with Crippen molar-refractivity contribution in [2.75, 3.05) is 0 Å². The molecule has 0 radical (unpaired) electrons. The van der Waals surface area contributed by atoms with Crippen molar-refractivity contribution in [1.82, 2.24) is 4.98 Å². The van der Waals surface area contributed by atoms with Crippen LogP contribution in [0.25, 0.3) is 0 Å². The van der Waals surface area contributed by atoms with E-state index in [0.717, 1.165) is 16.8 Å². The van der Waals surface area contributed by atoms with Crippen LogP contribution in [0.5, 0.6) is 0 Å². The molecule has 3 heteroatoms. The van der Waals surface area contributed by atoms with Crippen molar-refractivity contribution in [2.24, 2.45) is 0 Å². The third-order valence-corrected chi connectivity index (χ3v) is 1.99. The molecule has 0 aliphatic heterocycles. The van der Waals surface area contributed by atoms with Crippen LogP contribution in [-0.4, -0.2) is 4.98 Å². The Kier molecular flexibility index (Phi) is 2.67. The van der Waals surface area contributed by atoms with Crippen molar-refractivity contribution in [3.8, 4) is 6.07 Å². The fourth-order valence-electron chi connectivity index (χ4n) is 1.11. The summed E-state index contributed by atoms with van der Waals surface area (Å²) < 4.78 is 0. The number of aromatic nitrogens is 1. The summed E-state index contributed by atoms with van der Waals surface area (Å²) in [5.74, 6) is 0. The zero-order valence-electron chi connectivity index (χ0n) is 7.06. The van der Waals surface area contributed by atoms with Crippen LogP contribution in [0.15, 0.2) is 6.07 Å². The minimum Gasteiger partial charge on any atom is -0.241 e. The van der Waals surface area contributed by atoms with Crippen molar-refractivity contribution in [3.63, 3.8) is 0 Å². The lowest BCUT2D eigenvalue weighted by Crippen LogP contribution is -1.94. The van der Waals surface area contributed by atoms with Gasteiger partial charge in [0, 0.05) is 11.3 Å². The van der Waals surface area contributed by atoms with Crippen LogP contribution in [0, 0.1) is 25.2 Å². The summed E-state index contributed by atoms with van der Waals surface area (Å²) in [5.41, 5.74) is 2.76. The van der Waals surface area contributed by atoms with Crippen LogP contribution in [0.4, 0.5) is 0 Å². The Labute approximate surface area is 76.8 Å². The summed E-state index contributed by atoms with van der Waals surface area (Å²) >= 11 is 5.85. The molecule has 0 amide bonds. The smallest absolute Gasteiger partial charge is 0.133 e. The zero-order chi connectivity index (χ0) is 9.14. The van der Waals surface area contributed by atoms with E-state index in [1.54, 1.807) is 0 Å². The van der Waals surface area contributed by atoms with Crippen LogP contribution < -0.4 is 0 Å². The first-order chi connectivity index (χ1) is 5.65. The molecule has 0 aromatic carbocycles. The minimum absolute atomic E-state index is 0.331. The number of nitriles is 1. The van der Waals surface area contributed by atoms with Gasteiger partial charge in [0.1, 0.15) is 5.15 Å². The summed E-state index contributed by atoms with van der Waals surface area (Å²) in [6.07, 6.45) is 0.331. The Bertz CT molecular complexity index is 316. The molecule has 62 valence electrons. The molecular formula is C9H9ClN2. The fourth-order valence-corrected chi connectivity index (χ4v) is 1.46. The van der Waals surface area contributed by atoms with E-state index in [4.69, 9.17) is 16.9 Å². The van der Waals surface area contributed by atoms with Gasteiger partial charge in [0.25, 0.3) is 0 Å². The molecule has 2 nitrogen and oxygen atoms in total. The number of pyridine rings is 1. The van der Waals surface area contributed by atoms with E-state index < -0.39 is 0 Å². The molecule has 0 atom stereocenters. The number of halogens is 1. The van der Waals surface area contributed by atoms with Gasteiger partial charge in [0.2, 0.25) is 0 Å². The normalized spacial score (nSPS) is 9.50. The second-order valence-electron chi connectivity index (χ2n) is 2.68. The van der Waals surface area contributed by atoms with Crippen molar-refractivity contribution in [3.05, 3.63) is 28.0 Å². The van der Waals surface area contributed by atoms with Crippen LogP contribution >= 0.6 is 11.6 Å². The van der Waals surface area contributed by atoms with E-state index in [1.165, 1.54) is 0 Å². The lowest BCUT2D eigenvalue weighted by atomic mass is 10.1. The van der Waals surface area contributed by atoms with Gasteiger partial charge in [-0.3, -0.25) is 0 Å². The van der Waals surface area contributed by atoms with Crippen molar-refractivity contribution in [2.45, 2.75) is 20.3 Å². The highest BCUT2D eigenvalue weighted by molar-refractivity contribution is 6.30. The van der Waals surface area contributed by atoms with Gasteiger partial charge in [-0.25, -0.2) is 4.98 Å². The SMILES string of the molecule is Cc1cc(C)c(CC#N)c(Cl)n1. The van der Waals surface area contributed by atoms with E-state index >= 15 is 0 Å². The van der Waals surface area contributed by atoms with Gasteiger partial charge in [-0.1, -0.05) is 11.6 Å². The van der Waals surface area contributed by atoms with Crippen molar-refractivity contribution < 1.29 is 0 Å². The Morgan fingerprint density at radius 2 is 2.25 bits per heavy atom. The number of rotatable bonds is 1. The predicted molar refractivity (Wildman–Crippen MR) is 48.0 cm³/mol. The van der Waals surface area contributed by atoms with Gasteiger partial charge >= 0.3 is 0 Å². The molecule has 0 aliphatic rings. The lowest BCUT2D eigenvalue weighted by Gasteiger charge is -2.04. The third kappa shape index (κ3) is 1.75. The maximum Gasteiger partial charge on any atom is 0.133 e. The molecule has 1 aromatic rings. The molecular weight excluding hydrogens is 172 g/mol. The maximum absolute atomic E-state index is 8.50. The summed E-state index contributed by atoms with van der Waals surface area (Å²) in [5, 5.41) is 8.95. The van der Waals surface area contributed by atoms with Crippen LogP contribution in [-0.2, 0) is 6.42 Å². The molecule has 0 aliphatic carbocycles. The van der Waals surface area contributed by atoms with E-state index in [1.807, 2.05) is 19.9 Å². The molecule has 0 unspecified atom stereocenters. The van der Waals surface area contributed by atoms with Gasteiger partial charge in [0.15, 0.2) is 0 Å². The van der Waals surface area contributed by atoms with E-state index in [9.17, 15) is 0 Å². The van der Waals surface area contributed by atoms with Gasteiger partial charge in [-0.2, -0.15) is 5.26 Å². The Hall–Kier alpha value is -1.07. The summed E-state index contributed by atoms with van der Waals surface area (Å²) in [6, 6.07) is 3.99. The number of aryl methyl sites for hydroxylation is 2. The number of nitrogens with zero attached hydrogens (tertiary/aromatic N) is 2. The maximum atomic E-state index is 8.50. The van der Waals surface area contributed by atoms with Crippen molar-refractivity contribution >= 4 is 11.6 Å². The van der Waals surface area contributed by atoms with Gasteiger partial charge in [0.05, 0.1) is 12.5 Å². The van der Waals surface area contributed by atoms with Crippen LogP contribution in [0.2, 0.25) is 5.15 Å². The Morgan fingerprint density at radius 3 is 2.75 bits per heavy atom. The minimum atomic E-state index is 0.331. The Balaban J connectivity index is 3.21. The standard InChI is InChI=1S/C9H9ClN2/c1-6-5-7(2)12-9(10)8(6)3-4-11/h5H,3H2,1-2H3. The molecule has 0 spiro atoms. The Morgan fingerprint density at radius 1 is 1.58 bits per heavy atom. The molecule has 0 bridgehead atoms. The first kappa shape index (κ1) is 9.02. The average Bonchev–Trinajstić information content (AvgIpc) is 1.96. The largest absolute Gasteiger partial charge is 0.241 e. The highest BCUT2D eigenvalue weighted by Crippen LogP contribution is 2.18. The average molecular weight is 181 g/mol. The molecule has 0 saturated carbocycles. The topological polar surface area (TPSA) is 36.7 Å². The molecule has 0 N–H and O–H groups in total. The monoisotopic (exact) mass is 180 g/mol. The van der Waals surface area contributed by atoms with E-state index in [0.29, 0.717) is 11.6 Å². The van der Waals surface area contributed by atoms with Crippen LogP contribution in [0.3, 0.4) is 0 Å². The summed E-state index contributed by atoms with van der Waals surface area (Å²) in [4.78, 5) is 4.07. The number of hydrogen-bond acceptors (Lipinski definition) is 2. The van der Waals surface area contributed by atoms with E-state index in [-0.39, 0.29) is 0 Å². The predicted octanol–water partition coefficient (Wildman–Crippen LogP) is 2.42. The summed E-state index contributed by atoms with van der Waals surface area (Å²) in [6.45, 7) is 3.82. The zero-order valence-corrected chi connectivity index (χ0v) is 7.81. The molecule has 1 aromatic heterocycles. The van der Waals surface area contributed by atoms with Gasteiger partial charge < -0.3 is 0 Å². The fraction of sp³-hybridized carbons (Fsp3) is 0.333. The second kappa shape index (κ2) is 3.55. The van der Waals surface area contributed by atoms with Gasteiger partial charge in [-0.15, -0.1) is 0 Å². The molecule has 0 saturated heterocycles. The molecule has 12 heavy (non-hydrogen) atoms. The lowest BCUT2D eigenvalue weighted by molar-refractivity contribution is 1.10. The molecule has 1 heterocycles. The third-order valence-electron chi connectivity index (χ3n) is 1.68. The van der Waals surface area contributed by atoms with Crippen molar-refractivity contribution in [1.29, 1.82) is 5.26 Å². The first-order valence-electron chi connectivity index (χ1n) is 3.64. The van der Waals surface area contributed by atoms with Crippen LogP contribution in [0.1, 0.15) is 16.8 Å². The molecule has 0 fully saturated rings. The highest BCUT2D eigenvalue weighted by Gasteiger charge is 2.05. The van der Waals surface area contributed by atoms with Gasteiger partial charge in [-0.05, 0) is 25.5 Å². The highest BCUT2D eigenvalue weighted by atomic mass is 35.5. The quantitative estimate of drug-likeness (QED) is 0.623. The van der Waals surface area contributed by atoms with E-state index in [2.05, 4.69) is 11.1 Å². The second-order valence-corrected chi connectivity index (χ2v) is 3.04. The molecule has 1 rings (SSSR count). The summed E-state index contributed by atoms with van der Waals surface area (Å²) in [7, 11) is 0. The number of hydrogen-bond donors (Lipinski definition) is 0. The first-order valence-corrected chi connectivity index (χ1v) is 4.02.